The Morgan fingerprint density at radius 1 is 1.83 bits per heavy atom. The van der Waals surface area contributed by atoms with Crippen LogP contribution in [-0.4, -0.2) is 18.7 Å². The number of hydrogen-bond donors (Lipinski definition) is 1. The third-order valence-electron chi connectivity index (χ3n) is 1.92. The molecule has 0 aliphatic carbocycles. The van der Waals surface area contributed by atoms with E-state index in [1.807, 2.05) is 13.0 Å². The molecule has 2 atom stereocenters. The maximum Gasteiger partial charge on any atom is 0.110 e. The van der Waals surface area contributed by atoms with Gasteiger partial charge in [0.2, 0.25) is 0 Å². The van der Waals surface area contributed by atoms with Crippen LogP contribution in [0, 0.1) is 12.3 Å². The molecule has 2 nitrogen and oxygen atoms in total. The minimum Gasteiger partial charge on any atom is -0.497 e. The zero-order valence-electron chi connectivity index (χ0n) is 7.42. The number of hydrogen-bond acceptors (Lipinski definition) is 2. The van der Waals surface area contributed by atoms with Gasteiger partial charge in [-0.25, -0.2) is 0 Å². The van der Waals surface area contributed by atoms with E-state index in [-0.39, 0.29) is 6.04 Å². The minimum absolute atomic E-state index is 0.138. The van der Waals surface area contributed by atoms with Crippen molar-refractivity contribution in [1.82, 2.24) is 5.32 Å². The predicted molar refractivity (Wildman–Crippen MR) is 49.5 cm³/mol. The molecular weight excluding hydrogens is 150 g/mol. The van der Waals surface area contributed by atoms with Gasteiger partial charge in [0.1, 0.15) is 6.10 Å². The summed E-state index contributed by atoms with van der Waals surface area (Å²) in [5.74, 6) is 2.62. The van der Waals surface area contributed by atoms with Crippen LogP contribution in [0.2, 0.25) is 0 Å². The summed E-state index contributed by atoms with van der Waals surface area (Å²) in [4.78, 5) is 0. The lowest BCUT2D eigenvalue weighted by Gasteiger charge is -2.20. The van der Waals surface area contributed by atoms with Gasteiger partial charge in [-0.3, -0.25) is 0 Å². The molecule has 1 N–H and O–H groups in total. The van der Waals surface area contributed by atoms with Gasteiger partial charge in [0.05, 0.1) is 12.3 Å². The third-order valence-corrected chi connectivity index (χ3v) is 1.92. The predicted octanol–water partition coefficient (Wildman–Crippen LogP) is 1.29. The van der Waals surface area contributed by atoms with E-state index in [0.29, 0.717) is 6.10 Å². The Hall–Kier alpha value is -0.940. The third kappa shape index (κ3) is 2.98. The first-order valence-electron chi connectivity index (χ1n) is 4.33. The number of allylic oxidation sites excluding steroid dienone is 1. The normalized spacial score (nSPS) is 24.2. The molecule has 0 aromatic heterocycles. The van der Waals surface area contributed by atoms with Gasteiger partial charge in [-0.2, -0.15) is 0 Å². The van der Waals surface area contributed by atoms with Crippen LogP contribution in [0.15, 0.2) is 12.3 Å². The number of nitrogens with one attached hydrogen (secondary N) is 1. The SMILES string of the molecule is C#CC(C)NCC1CCC=CO1. The Labute approximate surface area is 74.0 Å². The highest BCUT2D eigenvalue weighted by Gasteiger charge is 2.10. The van der Waals surface area contributed by atoms with E-state index >= 15 is 0 Å². The average Bonchev–Trinajstić information content (AvgIpc) is 2.16. The lowest BCUT2D eigenvalue weighted by molar-refractivity contribution is 0.121. The highest BCUT2D eigenvalue weighted by Crippen LogP contribution is 2.08. The highest BCUT2D eigenvalue weighted by atomic mass is 16.5. The van der Waals surface area contributed by atoms with Crippen molar-refractivity contribution in [2.45, 2.75) is 31.9 Å². The maximum atomic E-state index is 5.36. The zero-order chi connectivity index (χ0) is 8.81. The Balaban J connectivity index is 2.15. The lowest BCUT2D eigenvalue weighted by Crippen LogP contribution is -2.34. The second kappa shape index (κ2) is 4.84. The van der Waals surface area contributed by atoms with Crippen molar-refractivity contribution in [3.8, 4) is 12.3 Å². The fourth-order valence-electron chi connectivity index (χ4n) is 1.10. The Morgan fingerprint density at radius 3 is 3.25 bits per heavy atom. The van der Waals surface area contributed by atoms with Crippen LogP contribution in [0.25, 0.3) is 0 Å². The topological polar surface area (TPSA) is 21.3 Å². The largest absolute Gasteiger partial charge is 0.497 e. The van der Waals surface area contributed by atoms with E-state index in [1.54, 1.807) is 6.26 Å². The summed E-state index contributed by atoms with van der Waals surface area (Å²) in [6, 6.07) is 0.138. The van der Waals surface area contributed by atoms with Gasteiger partial charge in [0.15, 0.2) is 0 Å². The van der Waals surface area contributed by atoms with Crippen LogP contribution < -0.4 is 5.32 Å². The van der Waals surface area contributed by atoms with Gasteiger partial charge in [-0.05, 0) is 25.8 Å². The summed E-state index contributed by atoms with van der Waals surface area (Å²) in [7, 11) is 0. The van der Waals surface area contributed by atoms with Crippen LogP contribution in [0.3, 0.4) is 0 Å². The number of rotatable bonds is 3. The Bertz CT molecular complexity index is 193. The van der Waals surface area contributed by atoms with E-state index in [2.05, 4.69) is 11.2 Å². The fourth-order valence-corrected chi connectivity index (χ4v) is 1.10. The van der Waals surface area contributed by atoms with Crippen LogP contribution in [-0.2, 0) is 4.74 Å². The van der Waals surface area contributed by atoms with E-state index < -0.39 is 0 Å². The average molecular weight is 165 g/mol. The van der Waals surface area contributed by atoms with Gasteiger partial charge in [0.25, 0.3) is 0 Å². The standard InChI is InChI=1S/C10H15NO/c1-3-9(2)11-8-10-6-4-5-7-12-10/h1,5,7,9-11H,4,6,8H2,2H3. The summed E-state index contributed by atoms with van der Waals surface area (Å²) < 4.78 is 5.36. The van der Waals surface area contributed by atoms with Crippen LogP contribution in [0.5, 0.6) is 0 Å². The molecule has 0 spiro atoms. The summed E-state index contributed by atoms with van der Waals surface area (Å²) in [6.07, 6.45) is 11.5. The quantitative estimate of drug-likeness (QED) is 0.636. The van der Waals surface area contributed by atoms with Crippen molar-refractivity contribution in [3.05, 3.63) is 12.3 Å². The molecule has 0 saturated carbocycles. The lowest BCUT2D eigenvalue weighted by atomic mass is 10.1. The van der Waals surface area contributed by atoms with E-state index in [9.17, 15) is 0 Å². The molecular formula is C10H15NO. The molecule has 0 fully saturated rings. The Morgan fingerprint density at radius 2 is 2.67 bits per heavy atom. The molecule has 1 heterocycles. The van der Waals surface area contributed by atoms with Crippen molar-refractivity contribution < 1.29 is 4.74 Å². The van der Waals surface area contributed by atoms with E-state index in [1.165, 1.54) is 0 Å². The van der Waals surface area contributed by atoms with Crippen molar-refractivity contribution in [1.29, 1.82) is 0 Å². The first-order chi connectivity index (χ1) is 5.83. The summed E-state index contributed by atoms with van der Waals surface area (Å²) in [5, 5.41) is 3.21. The monoisotopic (exact) mass is 165 g/mol. The van der Waals surface area contributed by atoms with Gasteiger partial charge < -0.3 is 10.1 Å². The fraction of sp³-hybridized carbons (Fsp3) is 0.600. The summed E-state index contributed by atoms with van der Waals surface area (Å²) in [5.41, 5.74) is 0. The maximum absolute atomic E-state index is 5.36. The zero-order valence-corrected chi connectivity index (χ0v) is 7.42. The molecule has 0 saturated heterocycles. The van der Waals surface area contributed by atoms with Crippen LogP contribution in [0.4, 0.5) is 0 Å². The first kappa shape index (κ1) is 9.15. The highest BCUT2D eigenvalue weighted by molar-refractivity contribution is 4.96. The molecule has 66 valence electrons. The molecule has 0 bridgehead atoms. The second-order valence-corrected chi connectivity index (χ2v) is 3.00. The van der Waals surface area contributed by atoms with Crippen molar-refractivity contribution in [2.24, 2.45) is 0 Å². The molecule has 1 rings (SSSR count). The molecule has 0 radical (unpaired) electrons. The van der Waals surface area contributed by atoms with Gasteiger partial charge >= 0.3 is 0 Å². The molecule has 0 aromatic carbocycles. The van der Waals surface area contributed by atoms with Crippen molar-refractivity contribution in [3.63, 3.8) is 0 Å². The van der Waals surface area contributed by atoms with Crippen molar-refractivity contribution >= 4 is 0 Å². The number of terminal acetylenes is 1. The van der Waals surface area contributed by atoms with Crippen LogP contribution in [0.1, 0.15) is 19.8 Å². The molecule has 0 aromatic rings. The van der Waals surface area contributed by atoms with Gasteiger partial charge in [-0.15, -0.1) is 6.42 Å². The van der Waals surface area contributed by atoms with E-state index in [0.717, 1.165) is 19.4 Å². The molecule has 1 aliphatic heterocycles. The summed E-state index contributed by atoms with van der Waals surface area (Å²) in [6.45, 7) is 2.81. The Kier molecular flexibility index (Phi) is 3.69. The van der Waals surface area contributed by atoms with Gasteiger partial charge in [-0.1, -0.05) is 5.92 Å². The molecule has 2 unspecified atom stereocenters. The molecule has 1 aliphatic rings. The van der Waals surface area contributed by atoms with Gasteiger partial charge in [0, 0.05) is 6.54 Å². The first-order valence-corrected chi connectivity index (χ1v) is 4.33. The smallest absolute Gasteiger partial charge is 0.110 e. The molecule has 0 amide bonds. The number of ether oxygens (including phenoxy) is 1. The van der Waals surface area contributed by atoms with Crippen molar-refractivity contribution in [2.75, 3.05) is 6.54 Å². The minimum atomic E-state index is 0.138. The summed E-state index contributed by atoms with van der Waals surface area (Å²) >= 11 is 0. The second-order valence-electron chi connectivity index (χ2n) is 3.00. The molecule has 2 heteroatoms. The van der Waals surface area contributed by atoms with Crippen LogP contribution >= 0.6 is 0 Å². The van der Waals surface area contributed by atoms with E-state index in [4.69, 9.17) is 11.2 Å². The molecule has 12 heavy (non-hydrogen) atoms.